The Hall–Kier alpha value is -1.95. The van der Waals surface area contributed by atoms with Crippen LogP contribution in [0.5, 0.6) is 5.75 Å². The van der Waals surface area contributed by atoms with E-state index in [1.54, 1.807) is 32.2 Å². The number of hydrogen-bond donors (Lipinski definition) is 3. The Labute approximate surface area is 128 Å². The molecule has 0 aliphatic heterocycles. The van der Waals surface area contributed by atoms with Crippen LogP contribution >= 0.6 is 11.6 Å². The highest BCUT2D eigenvalue weighted by Gasteiger charge is 2.17. The van der Waals surface area contributed by atoms with E-state index in [9.17, 15) is 9.59 Å². The molecule has 1 amide bonds. The van der Waals surface area contributed by atoms with Crippen LogP contribution in [0.4, 0.5) is 5.69 Å². The maximum absolute atomic E-state index is 11.7. The molecule has 0 radical (unpaired) electrons. The van der Waals surface area contributed by atoms with Crippen LogP contribution < -0.4 is 15.4 Å². The topological polar surface area (TPSA) is 87.7 Å². The van der Waals surface area contributed by atoms with E-state index in [1.807, 2.05) is 0 Å². The lowest BCUT2D eigenvalue weighted by molar-refractivity contribution is -0.141. The molecule has 1 atom stereocenters. The maximum atomic E-state index is 11.7. The van der Waals surface area contributed by atoms with Gasteiger partial charge in [-0.15, -0.1) is 0 Å². The normalized spacial score (nSPS) is 11.6. The highest BCUT2D eigenvalue weighted by atomic mass is 35.5. The van der Waals surface area contributed by atoms with Gasteiger partial charge in [0.15, 0.2) is 0 Å². The molecule has 1 rings (SSSR count). The van der Waals surface area contributed by atoms with Crippen LogP contribution in [-0.2, 0) is 9.59 Å². The van der Waals surface area contributed by atoms with E-state index in [1.165, 1.54) is 0 Å². The third-order valence-corrected chi connectivity index (χ3v) is 3.11. The number of aliphatic carboxylic acids is 1. The molecule has 7 heteroatoms. The molecule has 6 nitrogen and oxygen atoms in total. The van der Waals surface area contributed by atoms with Crippen molar-refractivity contribution in [3.63, 3.8) is 0 Å². The Bertz CT molecular complexity index is 508. The molecule has 0 aliphatic rings. The number of hydrogen-bond acceptors (Lipinski definition) is 4. The lowest BCUT2D eigenvalue weighted by Gasteiger charge is -2.14. The van der Waals surface area contributed by atoms with Crippen molar-refractivity contribution < 1.29 is 19.4 Å². The molecule has 1 aromatic rings. The lowest BCUT2D eigenvalue weighted by atomic mass is 10.2. The number of carboxylic acid groups (broad SMARTS) is 1. The molecular formula is C14H19ClN2O4. The summed E-state index contributed by atoms with van der Waals surface area (Å²) in [7, 11) is 1.54. The zero-order valence-corrected chi connectivity index (χ0v) is 12.7. The summed E-state index contributed by atoms with van der Waals surface area (Å²) in [5.41, 5.74) is 0.683. The van der Waals surface area contributed by atoms with Gasteiger partial charge in [0.1, 0.15) is 11.8 Å². The number of ether oxygens (including phenoxy) is 1. The number of halogens is 1. The van der Waals surface area contributed by atoms with E-state index in [0.717, 1.165) is 0 Å². The first kappa shape index (κ1) is 17.1. The molecule has 1 unspecified atom stereocenters. The molecule has 0 aromatic heterocycles. The van der Waals surface area contributed by atoms with Gasteiger partial charge in [-0.05, 0) is 24.6 Å². The zero-order valence-electron chi connectivity index (χ0n) is 12.0. The average molecular weight is 315 g/mol. The molecule has 21 heavy (non-hydrogen) atoms. The standard InChI is InChI=1S/C14H19ClN2O4/c1-3-10(14(19)20)17-13(18)6-7-16-11-8-9(15)4-5-12(11)21-2/h4-5,8,10,16H,3,6-7H2,1-2H3,(H,17,18)(H,19,20). The van der Waals surface area contributed by atoms with E-state index in [0.29, 0.717) is 29.4 Å². The van der Waals surface area contributed by atoms with E-state index in [4.69, 9.17) is 21.4 Å². The molecule has 0 bridgehead atoms. The monoisotopic (exact) mass is 314 g/mol. The van der Waals surface area contributed by atoms with Crippen molar-refractivity contribution in [1.82, 2.24) is 5.32 Å². The molecule has 0 fully saturated rings. The second-order valence-electron chi connectivity index (χ2n) is 4.39. The van der Waals surface area contributed by atoms with Gasteiger partial charge in [0, 0.05) is 18.0 Å². The summed E-state index contributed by atoms with van der Waals surface area (Å²) in [6.45, 7) is 2.05. The van der Waals surface area contributed by atoms with Crippen LogP contribution in [0.2, 0.25) is 5.02 Å². The van der Waals surface area contributed by atoms with Crippen molar-refractivity contribution in [2.45, 2.75) is 25.8 Å². The van der Waals surface area contributed by atoms with Crippen LogP contribution in [0.25, 0.3) is 0 Å². The first-order chi connectivity index (χ1) is 9.97. The summed E-state index contributed by atoms with van der Waals surface area (Å²) in [6, 6.07) is 4.28. The van der Waals surface area contributed by atoms with Crippen LogP contribution in [0.1, 0.15) is 19.8 Å². The quantitative estimate of drug-likeness (QED) is 0.684. The van der Waals surface area contributed by atoms with Gasteiger partial charge in [0.25, 0.3) is 0 Å². The number of amides is 1. The smallest absolute Gasteiger partial charge is 0.326 e. The maximum Gasteiger partial charge on any atom is 0.326 e. The summed E-state index contributed by atoms with van der Waals surface area (Å²) in [5.74, 6) is -0.732. The lowest BCUT2D eigenvalue weighted by Crippen LogP contribution is -2.40. The fourth-order valence-corrected chi connectivity index (χ4v) is 1.91. The molecule has 0 aliphatic carbocycles. The molecule has 3 N–H and O–H groups in total. The van der Waals surface area contributed by atoms with E-state index < -0.39 is 12.0 Å². The van der Waals surface area contributed by atoms with Crippen molar-refractivity contribution in [2.75, 3.05) is 19.0 Å². The van der Waals surface area contributed by atoms with Crippen LogP contribution in [-0.4, -0.2) is 36.7 Å². The van der Waals surface area contributed by atoms with Crippen molar-refractivity contribution in [2.24, 2.45) is 0 Å². The third-order valence-electron chi connectivity index (χ3n) is 2.87. The fourth-order valence-electron chi connectivity index (χ4n) is 1.73. The van der Waals surface area contributed by atoms with Gasteiger partial charge in [0.2, 0.25) is 5.91 Å². The first-order valence-corrected chi connectivity index (χ1v) is 6.95. The van der Waals surface area contributed by atoms with Crippen molar-refractivity contribution in [3.05, 3.63) is 23.2 Å². The number of carboxylic acids is 1. The third kappa shape index (κ3) is 5.51. The van der Waals surface area contributed by atoms with Crippen LogP contribution in [0, 0.1) is 0 Å². The fraction of sp³-hybridized carbons (Fsp3) is 0.429. The van der Waals surface area contributed by atoms with Crippen molar-refractivity contribution >= 4 is 29.2 Å². The van der Waals surface area contributed by atoms with E-state index in [2.05, 4.69) is 10.6 Å². The summed E-state index contributed by atoms with van der Waals surface area (Å²) in [5, 5.41) is 14.9. The number of anilines is 1. The Balaban J connectivity index is 2.48. The molecule has 116 valence electrons. The highest BCUT2D eigenvalue weighted by Crippen LogP contribution is 2.27. The molecule has 0 saturated carbocycles. The minimum Gasteiger partial charge on any atom is -0.495 e. The molecule has 1 aromatic carbocycles. The van der Waals surface area contributed by atoms with Gasteiger partial charge in [-0.1, -0.05) is 18.5 Å². The van der Waals surface area contributed by atoms with Gasteiger partial charge in [0.05, 0.1) is 12.8 Å². The van der Waals surface area contributed by atoms with Gasteiger partial charge in [-0.25, -0.2) is 4.79 Å². The van der Waals surface area contributed by atoms with Gasteiger partial charge in [-0.3, -0.25) is 4.79 Å². The average Bonchev–Trinajstić information content (AvgIpc) is 2.44. The Kier molecular flexibility index (Phi) is 6.81. The predicted molar refractivity (Wildman–Crippen MR) is 81.0 cm³/mol. The minimum absolute atomic E-state index is 0.152. The minimum atomic E-state index is -1.03. The summed E-state index contributed by atoms with van der Waals surface area (Å²) in [4.78, 5) is 22.5. The van der Waals surface area contributed by atoms with Crippen LogP contribution in [0.3, 0.4) is 0 Å². The Morgan fingerprint density at radius 1 is 1.43 bits per heavy atom. The van der Waals surface area contributed by atoms with Gasteiger partial charge in [-0.2, -0.15) is 0 Å². The molecule has 0 heterocycles. The number of benzene rings is 1. The highest BCUT2D eigenvalue weighted by molar-refractivity contribution is 6.30. The van der Waals surface area contributed by atoms with Crippen molar-refractivity contribution in [1.29, 1.82) is 0 Å². The number of methoxy groups -OCH3 is 1. The van der Waals surface area contributed by atoms with Gasteiger partial charge < -0.3 is 20.5 Å². The predicted octanol–water partition coefficient (Wildman–Crippen LogP) is 2.13. The first-order valence-electron chi connectivity index (χ1n) is 6.57. The molecule has 0 saturated heterocycles. The summed E-state index contributed by atoms with van der Waals surface area (Å²) in [6.07, 6.45) is 0.496. The molecular weight excluding hydrogens is 296 g/mol. The second kappa shape index (κ2) is 8.36. The summed E-state index contributed by atoms with van der Waals surface area (Å²) >= 11 is 5.90. The van der Waals surface area contributed by atoms with Crippen molar-refractivity contribution in [3.8, 4) is 5.75 Å². The van der Waals surface area contributed by atoms with Gasteiger partial charge >= 0.3 is 5.97 Å². The van der Waals surface area contributed by atoms with Crippen LogP contribution in [0.15, 0.2) is 18.2 Å². The number of nitrogens with one attached hydrogen (secondary N) is 2. The number of carbonyl (C=O) groups is 2. The number of rotatable bonds is 8. The number of carbonyl (C=O) groups excluding carboxylic acids is 1. The Morgan fingerprint density at radius 3 is 2.71 bits per heavy atom. The SMILES string of the molecule is CCC(NC(=O)CCNc1cc(Cl)ccc1OC)C(=O)O. The van der Waals surface area contributed by atoms with E-state index in [-0.39, 0.29) is 12.3 Å². The summed E-state index contributed by atoms with van der Waals surface area (Å²) < 4.78 is 5.17. The largest absolute Gasteiger partial charge is 0.495 e. The molecule has 0 spiro atoms. The second-order valence-corrected chi connectivity index (χ2v) is 4.82. The Morgan fingerprint density at radius 2 is 2.14 bits per heavy atom. The zero-order chi connectivity index (χ0) is 15.8. The van der Waals surface area contributed by atoms with E-state index >= 15 is 0 Å².